The van der Waals surface area contributed by atoms with E-state index in [0.717, 1.165) is 0 Å². The van der Waals surface area contributed by atoms with Crippen LogP contribution in [-0.2, 0) is 20.9 Å². The first-order valence-corrected chi connectivity index (χ1v) is 10.3. The van der Waals surface area contributed by atoms with Gasteiger partial charge in [0.05, 0.1) is 11.1 Å². The maximum Gasteiger partial charge on any atom is 0.306 e. The maximum atomic E-state index is 13.3. The topological polar surface area (TPSA) is 116 Å². The van der Waals surface area contributed by atoms with E-state index in [1.54, 1.807) is 57.2 Å². The minimum atomic E-state index is -1.01. The zero-order chi connectivity index (χ0) is 23.5. The molecular formula is C24H26N2O6. The van der Waals surface area contributed by atoms with Gasteiger partial charge in [-0.15, -0.1) is 0 Å². The minimum absolute atomic E-state index is 0.0272. The molecule has 2 aromatic carbocycles. The SMILES string of the molecule is CC(C)(C)OC(=O)CCC(C(N)=O)N1Cc2ccc(C=O)c(Oc3ccccc3)c2C1=O. The largest absolute Gasteiger partial charge is 0.460 e. The molecule has 3 rings (SSSR count). The quantitative estimate of drug-likeness (QED) is 0.500. The first-order chi connectivity index (χ1) is 15.1. The first-order valence-electron chi connectivity index (χ1n) is 10.3. The van der Waals surface area contributed by atoms with E-state index in [1.165, 1.54) is 4.90 Å². The number of primary amides is 1. The number of hydrogen-bond donors (Lipinski definition) is 1. The van der Waals surface area contributed by atoms with E-state index in [1.807, 2.05) is 6.07 Å². The number of para-hydroxylation sites is 1. The molecule has 1 aliphatic rings. The van der Waals surface area contributed by atoms with Gasteiger partial charge in [0.25, 0.3) is 5.91 Å². The van der Waals surface area contributed by atoms with Crippen LogP contribution in [0.5, 0.6) is 11.5 Å². The Morgan fingerprint density at radius 2 is 1.84 bits per heavy atom. The van der Waals surface area contributed by atoms with Crippen LogP contribution in [0.3, 0.4) is 0 Å². The van der Waals surface area contributed by atoms with E-state index >= 15 is 0 Å². The number of nitrogens with two attached hydrogens (primary N) is 1. The average molecular weight is 438 g/mol. The zero-order valence-corrected chi connectivity index (χ0v) is 18.3. The van der Waals surface area contributed by atoms with E-state index < -0.39 is 29.4 Å². The Morgan fingerprint density at radius 1 is 1.16 bits per heavy atom. The van der Waals surface area contributed by atoms with Crippen molar-refractivity contribution >= 4 is 24.1 Å². The highest BCUT2D eigenvalue weighted by Gasteiger charge is 2.39. The summed E-state index contributed by atoms with van der Waals surface area (Å²) < 4.78 is 11.2. The molecule has 0 bridgehead atoms. The minimum Gasteiger partial charge on any atom is -0.460 e. The van der Waals surface area contributed by atoms with Gasteiger partial charge in [-0.05, 0) is 51.0 Å². The number of benzene rings is 2. The molecule has 168 valence electrons. The molecule has 0 saturated carbocycles. The van der Waals surface area contributed by atoms with Gasteiger partial charge >= 0.3 is 5.97 Å². The van der Waals surface area contributed by atoms with Crippen molar-refractivity contribution in [2.24, 2.45) is 5.73 Å². The number of aldehydes is 1. The number of ether oxygens (including phenoxy) is 2. The Morgan fingerprint density at radius 3 is 2.44 bits per heavy atom. The second-order valence-electron chi connectivity index (χ2n) is 8.53. The van der Waals surface area contributed by atoms with Gasteiger partial charge in [0, 0.05) is 13.0 Å². The average Bonchev–Trinajstić information content (AvgIpc) is 3.04. The van der Waals surface area contributed by atoms with Gasteiger partial charge in [0.2, 0.25) is 5.91 Å². The van der Waals surface area contributed by atoms with Gasteiger partial charge in [-0.25, -0.2) is 0 Å². The highest BCUT2D eigenvalue weighted by atomic mass is 16.6. The highest BCUT2D eigenvalue weighted by Crippen LogP contribution is 2.37. The van der Waals surface area contributed by atoms with Gasteiger partial charge < -0.3 is 20.1 Å². The third kappa shape index (κ3) is 5.14. The molecule has 0 fully saturated rings. The predicted molar refractivity (Wildman–Crippen MR) is 116 cm³/mol. The van der Waals surface area contributed by atoms with Gasteiger partial charge in [0.1, 0.15) is 17.4 Å². The summed E-state index contributed by atoms with van der Waals surface area (Å²) in [6.07, 6.45) is 0.569. The molecule has 8 heteroatoms. The molecule has 32 heavy (non-hydrogen) atoms. The number of carbonyl (C=O) groups is 4. The van der Waals surface area contributed by atoms with E-state index in [9.17, 15) is 19.2 Å². The fraction of sp³-hybridized carbons (Fsp3) is 0.333. The summed E-state index contributed by atoms with van der Waals surface area (Å²) in [4.78, 5) is 50.5. The predicted octanol–water partition coefficient (Wildman–Crippen LogP) is 3.22. The Bertz CT molecular complexity index is 1040. The lowest BCUT2D eigenvalue weighted by Crippen LogP contribution is -2.45. The van der Waals surface area contributed by atoms with Crippen molar-refractivity contribution in [2.75, 3.05) is 0 Å². The van der Waals surface area contributed by atoms with E-state index in [0.29, 0.717) is 17.6 Å². The number of amides is 2. The molecule has 0 aliphatic carbocycles. The van der Waals surface area contributed by atoms with E-state index in [4.69, 9.17) is 15.2 Å². The molecule has 1 heterocycles. The van der Waals surface area contributed by atoms with Crippen molar-refractivity contribution < 1.29 is 28.7 Å². The van der Waals surface area contributed by atoms with Crippen LogP contribution in [-0.4, -0.2) is 40.6 Å². The van der Waals surface area contributed by atoms with Gasteiger partial charge in [0.15, 0.2) is 12.0 Å². The standard InChI is InChI=1S/C24H26N2O6/c1-24(2,3)32-19(28)12-11-18(22(25)29)26-13-15-9-10-16(14-27)21(20(15)23(26)30)31-17-7-5-4-6-8-17/h4-10,14,18H,11-13H2,1-3H3,(H2,25,29). The maximum absolute atomic E-state index is 13.3. The first kappa shape index (κ1) is 23.0. The van der Waals surface area contributed by atoms with Crippen molar-refractivity contribution in [3.8, 4) is 11.5 Å². The van der Waals surface area contributed by atoms with E-state index in [2.05, 4.69) is 0 Å². The summed E-state index contributed by atoms with van der Waals surface area (Å²) in [5.74, 6) is -1.10. The Kier molecular flexibility index (Phi) is 6.62. The smallest absolute Gasteiger partial charge is 0.306 e. The van der Waals surface area contributed by atoms with Crippen LogP contribution >= 0.6 is 0 Å². The van der Waals surface area contributed by atoms with Crippen molar-refractivity contribution in [3.63, 3.8) is 0 Å². The van der Waals surface area contributed by atoms with Crippen LogP contribution in [0.25, 0.3) is 0 Å². The van der Waals surface area contributed by atoms with Crippen LogP contribution in [0.4, 0.5) is 0 Å². The van der Waals surface area contributed by atoms with Crippen molar-refractivity contribution in [1.29, 1.82) is 0 Å². The lowest BCUT2D eigenvalue weighted by molar-refractivity contribution is -0.155. The molecular weight excluding hydrogens is 412 g/mol. The van der Waals surface area contributed by atoms with Gasteiger partial charge in [-0.2, -0.15) is 0 Å². The third-order valence-electron chi connectivity index (χ3n) is 4.93. The van der Waals surface area contributed by atoms with Crippen LogP contribution in [0, 0.1) is 0 Å². The number of esters is 1. The monoisotopic (exact) mass is 438 g/mol. The second kappa shape index (κ2) is 9.21. The molecule has 0 aromatic heterocycles. The fourth-order valence-corrected chi connectivity index (χ4v) is 3.56. The van der Waals surface area contributed by atoms with Crippen LogP contribution in [0.2, 0.25) is 0 Å². The molecule has 1 atom stereocenters. The molecule has 2 aromatic rings. The molecule has 0 spiro atoms. The van der Waals surface area contributed by atoms with Crippen molar-refractivity contribution in [3.05, 3.63) is 59.2 Å². The molecule has 8 nitrogen and oxygen atoms in total. The van der Waals surface area contributed by atoms with Crippen molar-refractivity contribution in [2.45, 2.75) is 51.8 Å². The third-order valence-corrected chi connectivity index (χ3v) is 4.93. The number of hydrogen-bond acceptors (Lipinski definition) is 6. The number of carbonyl (C=O) groups excluding carboxylic acids is 4. The van der Waals surface area contributed by atoms with Crippen LogP contribution in [0.1, 0.15) is 59.9 Å². The Labute approximate surface area is 186 Å². The fourth-order valence-electron chi connectivity index (χ4n) is 3.56. The summed E-state index contributed by atoms with van der Waals surface area (Å²) in [6, 6.07) is 11.0. The number of nitrogens with zero attached hydrogens (tertiary/aromatic N) is 1. The van der Waals surface area contributed by atoms with Crippen LogP contribution < -0.4 is 10.5 Å². The summed E-state index contributed by atoms with van der Waals surface area (Å²) in [5.41, 5.74) is 5.95. The molecule has 0 radical (unpaired) electrons. The summed E-state index contributed by atoms with van der Waals surface area (Å²) in [5, 5.41) is 0. The molecule has 1 aliphatic heterocycles. The number of rotatable bonds is 8. The lowest BCUT2D eigenvalue weighted by Gasteiger charge is -2.26. The molecule has 0 saturated heterocycles. The van der Waals surface area contributed by atoms with Crippen molar-refractivity contribution in [1.82, 2.24) is 4.90 Å². The molecule has 2 N–H and O–H groups in total. The lowest BCUT2D eigenvalue weighted by atomic mass is 10.0. The summed E-state index contributed by atoms with van der Waals surface area (Å²) >= 11 is 0. The van der Waals surface area contributed by atoms with E-state index in [-0.39, 0.29) is 36.3 Å². The molecule has 2 amide bonds. The van der Waals surface area contributed by atoms with Gasteiger partial charge in [-0.3, -0.25) is 19.2 Å². The highest BCUT2D eigenvalue weighted by molar-refractivity contribution is 6.05. The van der Waals surface area contributed by atoms with Gasteiger partial charge in [-0.1, -0.05) is 24.3 Å². The summed E-state index contributed by atoms with van der Waals surface area (Å²) in [6.45, 7) is 5.35. The number of fused-ring (bicyclic) bond motifs is 1. The Balaban J connectivity index is 1.86. The van der Waals surface area contributed by atoms with Crippen LogP contribution in [0.15, 0.2) is 42.5 Å². The molecule has 1 unspecified atom stereocenters. The normalized spacial score (nSPS) is 14.0. The Hall–Kier alpha value is -3.68. The summed E-state index contributed by atoms with van der Waals surface area (Å²) in [7, 11) is 0. The second-order valence-corrected chi connectivity index (χ2v) is 8.53. The zero-order valence-electron chi connectivity index (χ0n) is 18.3.